The first kappa shape index (κ1) is 18.2. The lowest BCUT2D eigenvalue weighted by atomic mass is 10.1. The molecule has 0 saturated carbocycles. The van der Waals surface area contributed by atoms with E-state index in [0.717, 1.165) is 0 Å². The largest absolute Gasteiger partial charge is 0.378 e. The number of nitro benzene ring substituents is 1. The van der Waals surface area contributed by atoms with Gasteiger partial charge in [0.2, 0.25) is 0 Å². The number of halogens is 1. The number of amides is 2. The number of carbonyl (C=O) groups excluding carboxylic acids is 1. The Morgan fingerprint density at radius 2 is 1.84 bits per heavy atom. The molecule has 2 amide bonds. The van der Waals surface area contributed by atoms with E-state index >= 15 is 0 Å². The lowest BCUT2D eigenvalue weighted by Crippen LogP contribution is -2.39. The summed E-state index contributed by atoms with van der Waals surface area (Å²) in [5, 5.41) is 19.1. The number of carbonyl (C=O) groups is 1. The topological polar surface area (TPSA) is 96.3 Å². The summed E-state index contributed by atoms with van der Waals surface area (Å²) in [5.74, 6) is -0.381. The summed E-state index contributed by atoms with van der Waals surface area (Å²) >= 11 is 0. The van der Waals surface area contributed by atoms with Crippen LogP contribution < -0.4 is 16.0 Å². The minimum Gasteiger partial charge on any atom is -0.378 e. The van der Waals surface area contributed by atoms with E-state index in [4.69, 9.17) is 0 Å². The molecule has 0 saturated heterocycles. The number of nitro groups is 1. The zero-order chi connectivity index (χ0) is 18.2. The van der Waals surface area contributed by atoms with Gasteiger partial charge in [0.25, 0.3) is 5.69 Å². The van der Waals surface area contributed by atoms with Gasteiger partial charge in [-0.3, -0.25) is 10.1 Å². The van der Waals surface area contributed by atoms with Crippen LogP contribution in [0.1, 0.15) is 18.5 Å². The molecule has 1 atom stereocenters. The third-order valence-electron chi connectivity index (χ3n) is 3.55. The SMILES string of the molecule is CC(NC(=O)NCCNc1ccccc1[N+](=O)[O-])c1ccccc1F. The van der Waals surface area contributed by atoms with Crippen LogP contribution >= 0.6 is 0 Å². The molecule has 25 heavy (non-hydrogen) atoms. The first-order valence-corrected chi connectivity index (χ1v) is 7.75. The van der Waals surface area contributed by atoms with Crippen LogP contribution in [-0.4, -0.2) is 24.0 Å². The zero-order valence-corrected chi connectivity index (χ0v) is 13.7. The van der Waals surface area contributed by atoms with Gasteiger partial charge in [0.05, 0.1) is 11.0 Å². The fourth-order valence-electron chi connectivity index (χ4n) is 2.31. The Hall–Kier alpha value is -3.16. The molecule has 1 unspecified atom stereocenters. The third kappa shape index (κ3) is 5.17. The normalized spacial score (nSPS) is 11.4. The molecular weight excluding hydrogens is 327 g/mol. The highest BCUT2D eigenvalue weighted by Gasteiger charge is 2.13. The van der Waals surface area contributed by atoms with Crippen LogP contribution in [0.15, 0.2) is 48.5 Å². The molecule has 0 aliphatic heterocycles. The van der Waals surface area contributed by atoms with Crippen molar-refractivity contribution in [3.8, 4) is 0 Å². The van der Waals surface area contributed by atoms with Crippen LogP contribution in [0.4, 0.5) is 20.6 Å². The number of para-hydroxylation sites is 2. The van der Waals surface area contributed by atoms with Crippen LogP contribution in [-0.2, 0) is 0 Å². The predicted molar refractivity (Wildman–Crippen MR) is 92.9 cm³/mol. The monoisotopic (exact) mass is 346 g/mol. The van der Waals surface area contributed by atoms with Crippen molar-refractivity contribution in [2.45, 2.75) is 13.0 Å². The van der Waals surface area contributed by atoms with Crippen molar-refractivity contribution < 1.29 is 14.1 Å². The third-order valence-corrected chi connectivity index (χ3v) is 3.55. The van der Waals surface area contributed by atoms with Crippen LogP contribution in [0.5, 0.6) is 0 Å². The highest BCUT2D eigenvalue weighted by molar-refractivity contribution is 5.74. The zero-order valence-electron chi connectivity index (χ0n) is 13.7. The predicted octanol–water partition coefficient (Wildman–Crippen LogP) is 3.21. The van der Waals surface area contributed by atoms with E-state index < -0.39 is 17.0 Å². The maximum Gasteiger partial charge on any atom is 0.315 e. The average Bonchev–Trinajstić information content (AvgIpc) is 2.59. The molecule has 3 N–H and O–H groups in total. The summed E-state index contributed by atoms with van der Waals surface area (Å²) in [6, 6.07) is 11.6. The quantitative estimate of drug-likeness (QED) is 0.407. The highest BCUT2D eigenvalue weighted by Crippen LogP contribution is 2.22. The molecule has 8 heteroatoms. The van der Waals surface area contributed by atoms with Gasteiger partial charge >= 0.3 is 6.03 Å². The Bertz CT molecular complexity index is 754. The van der Waals surface area contributed by atoms with Crippen molar-refractivity contribution in [3.63, 3.8) is 0 Å². The van der Waals surface area contributed by atoms with Crippen molar-refractivity contribution in [2.75, 3.05) is 18.4 Å². The number of anilines is 1. The van der Waals surface area contributed by atoms with Gasteiger partial charge in [-0.1, -0.05) is 30.3 Å². The Balaban J connectivity index is 1.78. The van der Waals surface area contributed by atoms with Gasteiger partial charge in [-0.15, -0.1) is 0 Å². The summed E-state index contributed by atoms with van der Waals surface area (Å²) in [4.78, 5) is 22.3. The molecule has 0 spiro atoms. The second-order valence-electron chi connectivity index (χ2n) is 5.34. The number of hydrogen-bond donors (Lipinski definition) is 3. The van der Waals surface area contributed by atoms with E-state index in [1.807, 2.05) is 0 Å². The minimum absolute atomic E-state index is 0.0277. The molecule has 0 bridgehead atoms. The molecule has 0 aliphatic carbocycles. The lowest BCUT2D eigenvalue weighted by molar-refractivity contribution is -0.384. The molecular formula is C17H19FN4O3. The van der Waals surface area contributed by atoms with Crippen LogP contribution in [0.3, 0.4) is 0 Å². The first-order chi connectivity index (χ1) is 12.0. The number of benzene rings is 2. The molecule has 0 aliphatic rings. The number of nitrogens with zero attached hydrogens (tertiary/aromatic N) is 1. The summed E-state index contributed by atoms with van der Waals surface area (Å²) < 4.78 is 13.7. The maximum absolute atomic E-state index is 13.7. The van der Waals surface area contributed by atoms with E-state index in [-0.39, 0.29) is 18.0 Å². The Kier molecular flexibility index (Phi) is 6.27. The van der Waals surface area contributed by atoms with Crippen molar-refractivity contribution in [2.24, 2.45) is 0 Å². The van der Waals surface area contributed by atoms with Gasteiger partial charge in [0, 0.05) is 24.7 Å². The number of rotatable bonds is 7. The van der Waals surface area contributed by atoms with E-state index in [2.05, 4.69) is 16.0 Å². The summed E-state index contributed by atoms with van der Waals surface area (Å²) in [5.41, 5.74) is 0.755. The van der Waals surface area contributed by atoms with Crippen molar-refractivity contribution in [1.29, 1.82) is 0 Å². The number of urea groups is 1. The highest BCUT2D eigenvalue weighted by atomic mass is 19.1. The maximum atomic E-state index is 13.7. The van der Waals surface area contributed by atoms with Crippen molar-refractivity contribution in [1.82, 2.24) is 10.6 Å². The molecule has 132 valence electrons. The molecule has 0 fully saturated rings. The van der Waals surface area contributed by atoms with Crippen LogP contribution in [0.25, 0.3) is 0 Å². The number of nitrogens with one attached hydrogen (secondary N) is 3. The number of hydrogen-bond acceptors (Lipinski definition) is 4. The van der Waals surface area contributed by atoms with Gasteiger partial charge in [-0.2, -0.15) is 0 Å². The van der Waals surface area contributed by atoms with Crippen LogP contribution in [0.2, 0.25) is 0 Å². The minimum atomic E-state index is -0.482. The standard InChI is InChI=1S/C17H19FN4O3/c1-12(13-6-2-3-7-14(13)18)21-17(23)20-11-10-19-15-8-4-5-9-16(15)22(24)25/h2-9,12,19H,10-11H2,1H3,(H2,20,21,23). The van der Waals surface area contributed by atoms with Gasteiger partial charge in [0.1, 0.15) is 11.5 Å². The van der Waals surface area contributed by atoms with Crippen LogP contribution in [0, 0.1) is 15.9 Å². The Labute approximate surface area is 144 Å². The molecule has 0 aromatic heterocycles. The van der Waals surface area contributed by atoms with E-state index in [9.17, 15) is 19.3 Å². The average molecular weight is 346 g/mol. The van der Waals surface area contributed by atoms with Gasteiger partial charge < -0.3 is 16.0 Å². The fraction of sp³-hybridized carbons (Fsp3) is 0.235. The second kappa shape index (κ2) is 8.62. The fourth-order valence-corrected chi connectivity index (χ4v) is 2.31. The summed E-state index contributed by atoms with van der Waals surface area (Å²) in [7, 11) is 0. The Morgan fingerprint density at radius 1 is 1.16 bits per heavy atom. The summed E-state index contributed by atoms with van der Waals surface area (Å²) in [6.45, 7) is 2.25. The molecule has 2 aromatic carbocycles. The van der Waals surface area contributed by atoms with Gasteiger partial charge in [-0.05, 0) is 19.1 Å². The molecule has 2 rings (SSSR count). The first-order valence-electron chi connectivity index (χ1n) is 7.75. The van der Waals surface area contributed by atoms with E-state index in [1.165, 1.54) is 12.1 Å². The van der Waals surface area contributed by atoms with Crippen molar-refractivity contribution in [3.05, 3.63) is 70.0 Å². The Morgan fingerprint density at radius 3 is 2.56 bits per heavy atom. The van der Waals surface area contributed by atoms with Gasteiger partial charge in [0.15, 0.2) is 0 Å². The van der Waals surface area contributed by atoms with Gasteiger partial charge in [-0.25, -0.2) is 9.18 Å². The van der Waals surface area contributed by atoms with E-state index in [0.29, 0.717) is 17.8 Å². The smallest absolute Gasteiger partial charge is 0.315 e. The van der Waals surface area contributed by atoms with E-state index in [1.54, 1.807) is 43.3 Å². The molecule has 7 nitrogen and oxygen atoms in total. The second-order valence-corrected chi connectivity index (χ2v) is 5.34. The summed E-state index contributed by atoms with van der Waals surface area (Å²) in [6.07, 6.45) is 0. The molecule has 0 radical (unpaired) electrons. The lowest BCUT2D eigenvalue weighted by Gasteiger charge is -2.16. The van der Waals surface area contributed by atoms with Crippen molar-refractivity contribution >= 4 is 17.4 Å². The molecule has 0 heterocycles. The molecule has 2 aromatic rings.